The molecule has 2 N–H and O–H groups in total. The van der Waals surface area contributed by atoms with Crippen LogP contribution in [0.25, 0.3) is 0 Å². The van der Waals surface area contributed by atoms with E-state index in [1.807, 2.05) is 42.5 Å². The van der Waals surface area contributed by atoms with Crippen LogP contribution in [-0.2, 0) is 22.4 Å². The Kier molecular flexibility index (Phi) is 6.30. The Morgan fingerprint density at radius 2 is 1.84 bits per heavy atom. The van der Waals surface area contributed by atoms with Crippen molar-refractivity contribution in [2.75, 3.05) is 20.8 Å². The highest BCUT2D eigenvalue weighted by Gasteiger charge is 2.39. The molecule has 4 rings (SSSR count). The molecule has 0 radical (unpaired) electrons. The molecule has 0 bridgehead atoms. The first-order valence-electron chi connectivity index (χ1n) is 10.7. The van der Waals surface area contributed by atoms with Gasteiger partial charge in [0.1, 0.15) is 6.04 Å². The fraction of sp³-hybridized carbons (Fsp3) is 0.375. The summed E-state index contributed by atoms with van der Waals surface area (Å²) in [4.78, 5) is 38.8. The number of carbonyl (C=O) groups is 3. The summed E-state index contributed by atoms with van der Waals surface area (Å²) in [6, 6.07) is 12.0. The predicted octanol–water partition coefficient (Wildman–Crippen LogP) is 2.36. The highest BCUT2D eigenvalue weighted by atomic mass is 16.5. The third-order valence-electron chi connectivity index (χ3n) is 6.02. The molecule has 2 aliphatic rings. The van der Waals surface area contributed by atoms with Gasteiger partial charge in [-0.2, -0.15) is 0 Å². The molecule has 0 unspecified atom stereocenters. The van der Waals surface area contributed by atoms with Crippen LogP contribution in [0.4, 0.5) is 4.79 Å². The van der Waals surface area contributed by atoms with Gasteiger partial charge in [0.2, 0.25) is 5.91 Å². The molecule has 2 aromatic carbocycles. The zero-order chi connectivity index (χ0) is 22.7. The number of rotatable bonds is 8. The van der Waals surface area contributed by atoms with Crippen LogP contribution in [0.1, 0.15) is 35.6 Å². The Labute approximate surface area is 186 Å². The maximum atomic E-state index is 12.7. The molecule has 0 saturated carbocycles. The van der Waals surface area contributed by atoms with Gasteiger partial charge in [-0.05, 0) is 48.1 Å². The first-order chi connectivity index (χ1) is 15.5. The van der Waals surface area contributed by atoms with Crippen molar-refractivity contribution in [2.45, 2.75) is 37.8 Å². The molecule has 8 heteroatoms. The maximum Gasteiger partial charge on any atom is 0.324 e. The predicted molar refractivity (Wildman–Crippen MR) is 118 cm³/mol. The molecule has 32 heavy (non-hydrogen) atoms. The quantitative estimate of drug-likeness (QED) is 0.618. The Morgan fingerprint density at radius 1 is 1.12 bits per heavy atom. The average Bonchev–Trinajstić information content (AvgIpc) is 3.31. The number of hydrogen-bond donors (Lipinski definition) is 2. The number of ether oxygens (including phenoxy) is 2. The van der Waals surface area contributed by atoms with E-state index < -0.39 is 12.1 Å². The van der Waals surface area contributed by atoms with Gasteiger partial charge in [0, 0.05) is 6.54 Å². The summed E-state index contributed by atoms with van der Waals surface area (Å²) in [5.41, 5.74) is 3.13. The van der Waals surface area contributed by atoms with Gasteiger partial charge in [0.15, 0.2) is 11.5 Å². The van der Waals surface area contributed by atoms with Crippen molar-refractivity contribution in [1.82, 2.24) is 15.5 Å². The second-order valence-electron chi connectivity index (χ2n) is 8.00. The van der Waals surface area contributed by atoms with Crippen LogP contribution in [-0.4, -0.2) is 49.6 Å². The van der Waals surface area contributed by atoms with E-state index in [0.717, 1.165) is 29.5 Å². The van der Waals surface area contributed by atoms with Gasteiger partial charge in [-0.1, -0.05) is 30.3 Å². The molecule has 1 fully saturated rings. The van der Waals surface area contributed by atoms with Gasteiger partial charge < -0.3 is 20.1 Å². The number of carbonyl (C=O) groups excluding carboxylic acids is 3. The van der Waals surface area contributed by atoms with Crippen molar-refractivity contribution in [3.8, 4) is 11.5 Å². The number of fused-ring (bicyclic) bond motifs is 1. The summed E-state index contributed by atoms with van der Waals surface area (Å²) in [5, 5.41) is 5.64. The second kappa shape index (κ2) is 9.30. The van der Waals surface area contributed by atoms with E-state index in [2.05, 4.69) is 10.6 Å². The molecular formula is C24H27N3O5. The first-order valence-corrected chi connectivity index (χ1v) is 10.7. The summed E-state index contributed by atoms with van der Waals surface area (Å²) in [6.45, 7) is 0.282. The topological polar surface area (TPSA) is 97.0 Å². The third-order valence-corrected chi connectivity index (χ3v) is 6.02. The lowest BCUT2D eigenvalue weighted by Crippen LogP contribution is -2.37. The smallest absolute Gasteiger partial charge is 0.324 e. The number of aryl methyl sites for hydroxylation is 1. The fourth-order valence-corrected chi connectivity index (χ4v) is 4.33. The van der Waals surface area contributed by atoms with E-state index in [-0.39, 0.29) is 30.8 Å². The number of methoxy groups -OCH3 is 2. The van der Waals surface area contributed by atoms with E-state index in [9.17, 15) is 14.4 Å². The number of imide groups is 1. The molecule has 0 spiro atoms. The maximum absolute atomic E-state index is 12.7. The molecule has 2 atom stereocenters. The molecule has 168 valence electrons. The summed E-state index contributed by atoms with van der Waals surface area (Å²) >= 11 is 0. The summed E-state index contributed by atoms with van der Waals surface area (Å²) < 4.78 is 10.7. The molecular weight excluding hydrogens is 410 g/mol. The van der Waals surface area contributed by atoms with Gasteiger partial charge in [0.25, 0.3) is 5.91 Å². The first kappa shape index (κ1) is 21.7. The minimum absolute atomic E-state index is 0.0917. The van der Waals surface area contributed by atoms with Crippen LogP contribution in [0.3, 0.4) is 0 Å². The minimum atomic E-state index is -0.843. The molecule has 1 saturated heterocycles. The number of nitrogens with zero attached hydrogens (tertiary/aromatic N) is 1. The molecule has 0 aromatic heterocycles. The van der Waals surface area contributed by atoms with Crippen molar-refractivity contribution in [2.24, 2.45) is 0 Å². The number of urea groups is 1. The SMILES string of the molecule is COc1cc2c(cc1OC)[C@@H](NC(=O)C[C@@H]1NC(=O)N(CCc3ccccc3)C1=O)CC2. The number of nitrogens with one attached hydrogen (secondary N) is 2. The van der Waals surface area contributed by atoms with Gasteiger partial charge in [-0.25, -0.2) is 4.79 Å². The lowest BCUT2D eigenvalue weighted by atomic mass is 10.1. The Bertz CT molecular complexity index is 1020. The minimum Gasteiger partial charge on any atom is -0.493 e. The van der Waals surface area contributed by atoms with Crippen LogP contribution in [0, 0.1) is 0 Å². The van der Waals surface area contributed by atoms with Crippen LogP contribution in [0.5, 0.6) is 11.5 Å². The lowest BCUT2D eigenvalue weighted by Gasteiger charge is -2.17. The molecule has 2 aromatic rings. The van der Waals surface area contributed by atoms with E-state index in [4.69, 9.17) is 9.47 Å². The van der Waals surface area contributed by atoms with E-state index >= 15 is 0 Å². The third kappa shape index (κ3) is 4.39. The zero-order valence-corrected chi connectivity index (χ0v) is 18.2. The zero-order valence-electron chi connectivity index (χ0n) is 18.2. The largest absolute Gasteiger partial charge is 0.493 e. The van der Waals surface area contributed by atoms with Crippen LogP contribution < -0.4 is 20.1 Å². The fourth-order valence-electron chi connectivity index (χ4n) is 4.33. The standard InChI is InChI=1S/C24H27N3O5/c1-31-20-12-16-8-9-18(17(16)13-21(20)32-2)25-22(28)14-19-23(29)27(24(30)26-19)11-10-15-6-4-3-5-7-15/h3-7,12-13,18-19H,8-11,14H2,1-2H3,(H,25,28)(H,26,30)/t18-,19-/m0/s1. The van der Waals surface area contributed by atoms with Crippen LogP contribution in [0.15, 0.2) is 42.5 Å². The van der Waals surface area contributed by atoms with E-state index in [1.165, 1.54) is 4.90 Å². The Morgan fingerprint density at radius 3 is 2.56 bits per heavy atom. The summed E-state index contributed by atoms with van der Waals surface area (Å²) in [6.07, 6.45) is 2.05. The Hall–Kier alpha value is -3.55. The summed E-state index contributed by atoms with van der Waals surface area (Å²) in [5.74, 6) is 0.633. The van der Waals surface area contributed by atoms with Gasteiger partial charge in [-0.15, -0.1) is 0 Å². The number of hydrogen-bond acceptors (Lipinski definition) is 5. The van der Waals surface area contributed by atoms with Crippen molar-refractivity contribution >= 4 is 17.8 Å². The van der Waals surface area contributed by atoms with Crippen LogP contribution >= 0.6 is 0 Å². The van der Waals surface area contributed by atoms with Crippen molar-refractivity contribution in [1.29, 1.82) is 0 Å². The molecule has 1 heterocycles. The monoisotopic (exact) mass is 437 g/mol. The average molecular weight is 437 g/mol. The Balaban J connectivity index is 1.35. The molecule has 1 aliphatic carbocycles. The molecule has 4 amide bonds. The summed E-state index contributed by atoms with van der Waals surface area (Å²) in [7, 11) is 3.17. The van der Waals surface area contributed by atoms with E-state index in [0.29, 0.717) is 17.9 Å². The molecule has 8 nitrogen and oxygen atoms in total. The lowest BCUT2D eigenvalue weighted by molar-refractivity contribution is -0.131. The highest BCUT2D eigenvalue weighted by Crippen LogP contribution is 2.39. The number of benzene rings is 2. The van der Waals surface area contributed by atoms with Crippen molar-refractivity contribution in [3.63, 3.8) is 0 Å². The van der Waals surface area contributed by atoms with Gasteiger partial charge >= 0.3 is 6.03 Å². The second-order valence-corrected chi connectivity index (χ2v) is 8.00. The highest BCUT2D eigenvalue weighted by molar-refractivity contribution is 6.05. The van der Waals surface area contributed by atoms with Crippen molar-refractivity contribution < 1.29 is 23.9 Å². The van der Waals surface area contributed by atoms with Crippen LogP contribution in [0.2, 0.25) is 0 Å². The molecule has 1 aliphatic heterocycles. The number of amides is 4. The van der Waals surface area contributed by atoms with Gasteiger partial charge in [-0.3, -0.25) is 14.5 Å². The normalized spacial score (nSPS) is 19.5. The van der Waals surface area contributed by atoms with E-state index in [1.54, 1.807) is 14.2 Å². The van der Waals surface area contributed by atoms with Gasteiger partial charge in [0.05, 0.1) is 26.7 Å². The van der Waals surface area contributed by atoms with Crippen molar-refractivity contribution in [3.05, 3.63) is 59.2 Å².